The SMILES string of the molecule is CC[C@@H]1CN(C(=O)O)CC[C@@H]1C(C)N. The van der Waals surface area contributed by atoms with Crippen LogP contribution in [-0.4, -0.2) is 35.2 Å². The number of piperidine rings is 1. The van der Waals surface area contributed by atoms with Gasteiger partial charge in [0, 0.05) is 19.1 Å². The molecule has 3 N–H and O–H groups in total. The van der Waals surface area contributed by atoms with Gasteiger partial charge in [0.05, 0.1) is 0 Å². The third-order valence-corrected chi connectivity index (χ3v) is 3.26. The van der Waals surface area contributed by atoms with E-state index in [9.17, 15) is 4.79 Å². The van der Waals surface area contributed by atoms with Crippen molar-refractivity contribution in [3.8, 4) is 0 Å². The molecule has 1 aliphatic rings. The molecule has 1 amide bonds. The van der Waals surface area contributed by atoms with Crippen LogP contribution in [0.4, 0.5) is 4.79 Å². The van der Waals surface area contributed by atoms with E-state index in [-0.39, 0.29) is 6.04 Å². The van der Waals surface area contributed by atoms with Gasteiger partial charge in [-0.3, -0.25) is 0 Å². The van der Waals surface area contributed by atoms with E-state index < -0.39 is 6.09 Å². The third-order valence-electron chi connectivity index (χ3n) is 3.26. The van der Waals surface area contributed by atoms with Crippen molar-refractivity contribution in [1.82, 2.24) is 4.90 Å². The van der Waals surface area contributed by atoms with Crippen molar-refractivity contribution in [2.75, 3.05) is 13.1 Å². The molecule has 1 aliphatic heterocycles. The summed E-state index contributed by atoms with van der Waals surface area (Å²) in [6.45, 7) is 5.41. The maximum Gasteiger partial charge on any atom is 0.407 e. The molecule has 4 heteroatoms. The molecule has 82 valence electrons. The molecule has 4 nitrogen and oxygen atoms in total. The lowest BCUT2D eigenvalue weighted by Crippen LogP contribution is -2.47. The average Bonchev–Trinajstić information content (AvgIpc) is 2.16. The molecule has 1 unspecified atom stereocenters. The summed E-state index contributed by atoms with van der Waals surface area (Å²) in [5.41, 5.74) is 5.89. The Bertz CT molecular complexity index is 206. The van der Waals surface area contributed by atoms with Crippen molar-refractivity contribution in [2.45, 2.75) is 32.7 Å². The van der Waals surface area contributed by atoms with Gasteiger partial charge in [0.15, 0.2) is 0 Å². The minimum Gasteiger partial charge on any atom is -0.465 e. The molecule has 14 heavy (non-hydrogen) atoms. The van der Waals surface area contributed by atoms with Crippen molar-refractivity contribution in [2.24, 2.45) is 17.6 Å². The number of carboxylic acid groups (broad SMARTS) is 1. The first kappa shape index (κ1) is 11.3. The second-order valence-electron chi connectivity index (χ2n) is 4.21. The summed E-state index contributed by atoms with van der Waals surface area (Å²) in [5, 5.41) is 8.87. The molecule has 1 heterocycles. The molecule has 3 atom stereocenters. The van der Waals surface area contributed by atoms with Crippen LogP contribution in [0, 0.1) is 11.8 Å². The highest BCUT2D eigenvalue weighted by Crippen LogP contribution is 2.28. The molecule has 0 saturated carbocycles. The highest BCUT2D eigenvalue weighted by molar-refractivity contribution is 5.65. The molecule has 0 aliphatic carbocycles. The van der Waals surface area contributed by atoms with Crippen LogP contribution < -0.4 is 5.73 Å². The molecule has 0 bridgehead atoms. The van der Waals surface area contributed by atoms with Crippen LogP contribution in [0.5, 0.6) is 0 Å². The van der Waals surface area contributed by atoms with Gasteiger partial charge in [-0.15, -0.1) is 0 Å². The minimum atomic E-state index is -0.799. The smallest absolute Gasteiger partial charge is 0.407 e. The molecular formula is C10H20N2O2. The fourth-order valence-electron chi connectivity index (χ4n) is 2.35. The van der Waals surface area contributed by atoms with E-state index in [2.05, 4.69) is 6.92 Å². The van der Waals surface area contributed by atoms with E-state index in [1.807, 2.05) is 6.92 Å². The average molecular weight is 200 g/mol. The normalized spacial score (nSPS) is 30.1. The lowest BCUT2D eigenvalue weighted by atomic mass is 9.80. The zero-order valence-corrected chi connectivity index (χ0v) is 8.94. The summed E-state index contributed by atoms with van der Waals surface area (Å²) in [6, 6.07) is 0.177. The summed E-state index contributed by atoms with van der Waals surface area (Å²) in [5.74, 6) is 0.912. The number of nitrogens with two attached hydrogens (primary N) is 1. The molecule has 1 fully saturated rings. The van der Waals surface area contributed by atoms with E-state index in [0.717, 1.165) is 12.8 Å². The Morgan fingerprint density at radius 3 is 2.79 bits per heavy atom. The Morgan fingerprint density at radius 1 is 1.71 bits per heavy atom. The maximum atomic E-state index is 10.8. The minimum absolute atomic E-state index is 0.177. The van der Waals surface area contributed by atoms with Crippen molar-refractivity contribution >= 4 is 6.09 Å². The predicted octanol–water partition coefficient (Wildman–Crippen LogP) is 1.36. The van der Waals surface area contributed by atoms with Crippen LogP contribution >= 0.6 is 0 Å². The fourth-order valence-corrected chi connectivity index (χ4v) is 2.35. The summed E-state index contributed by atoms with van der Waals surface area (Å²) in [6.07, 6.45) is 1.12. The second-order valence-corrected chi connectivity index (χ2v) is 4.21. The molecular weight excluding hydrogens is 180 g/mol. The van der Waals surface area contributed by atoms with Gasteiger partial charge in [0.2, 0.25) is 0 Å². The van der Waals surface area contributed by atoms with Gasteiger partial charge in [-0.1, -0.05) is 13.3 Å². The lowest BCUT2D eigenvalue weighted by molar-refractivity contribution is 0.0879. The maximum absolute atomic E-state index is 10.8. The van der Waals surface area contributed by atoms with Crippen molar-refractivity contribution < 1.29 is 9.90 Å². The fraction of sp³-hybridized carbons (Fsp3) is 0.900. The summed E-state index contributed by atoms with van der Waals surface area (Å²) >= 11 is 0. The second kappa shape index (κ2) is 4.64. The number of carbonyl (C=O) groups is 1. The molecule has 0 aromatic rings. The Balaban J connectivity index is 2.59. The van der Waals surface area contributed by atoms with Crippen molar-refractivity contribution in [3.05, 3.63) is 0 Å². The molecule has 0 radical (unpaired) electrons. The van der Waals surface area contributed by atoms with Crippen LogP contribution in [0.2, 0.25) is 0 Å². The standard InChI is InChI=1S/C10H20N2O2/c1-3-8-6-12(10(13)14)5-4-9(8)7(2)11/h7-9H,3-6,11H2,1-2H3,(H,13,14)/t7?,8-,9-/m1/s1. The molecule has 0 aromatic carbocycles. The highest BCUT2D eigenvalue weighted by atomic mass is 16.4. The van der Waals surface area contributed by atoms with E-state index in [1.165, 1.54) is 4.90 Å². The Labute approximate surface area is 85.1 Å². The van der Waals surface area contributed by atoms with Crippen LogP contribution in [0.25, 0.3) is 0 Å². The number of hydrogen-bond donors (Lipinski definition) is 2. The van der Waals surface area contributed by atoms with Gasteiger partial charge >= 0.3 is 6.09 Å². The summed E-state index contributed by atoms with van der Waals surface area (Å²) in [4.78, 5) is 12.3. The van der Waals surface area contributed by atoms with Crippen LogP contribution in [0.1, 0.15) is 26.7 Å². The lowest BCUT2D eigenvalue weighted by Gasteiger charge is -2.38. The molecule has 0 spiro atoms. The zero-order valence-electron chi connectivity index (χ0n) is 8.94. The van der Waals surface area contributed by atoms with Crippen molar-refractivity contribution in [3.63, 3.8) is 0 Å². The van der Waals surface area contributed by atoms with Crippen molar-refractivity contribution in [1.29, 1.82) is 0 Å². The first-order valence-electron chi connectivity index (χ1n) is 5.29. The van der Waals surface area contributed by atoms with Gasteiger partial charge in [-0.05, 0) is 25.2 Å². The van der Waals surface area contributed by atoms with Crippen LogP contribution in [0.15, 0.2) is 0 Å². The predicted molar refractivity (Wildman–Crippen MR) is 55.1 cm³/mol. The zero-order chi connectivity index (χ0) is 10.7. The third kappa shape index (κ3) is 2.38. The van der Waals surface area contributed by atoms with Crippen LogP contribution in [0.3, 0.4) is 0 Å². The monoisotopic (exact) mass is 200 g/mol. The van der Waals surface area contributed by atoms with Gasteiger partial charge < -0.3 is 15.7 Å². The van der Waals surface area contributed by atoms with Gasteiger partial charge in [0.1, 0.15) is 0 Å². The summed E-state index contributed by atoms with van der Waals surface area (Å²) in [7, 11) is 0. The van der Waals surface area contributed by atoms with Gasteiger partial charge in [0.25, 0.3) is 0 Å². The number of likely N-dealkylation sites (tertiary alicyclic amines) is 1. The van der Waals surface area contributed by atoms with E-state index >= 15 is 0 Å². The van der Waals surface area contributed by atoms with Crippen LogP contribution in [-0.2, 0) is 0 Å². The molecule has 1 rings (SSSR count). The van der Waals surface area contributed by atoms with E-state index in [1.54, 1.807) is 0 Å². The first-order valence-corrected chi connectivity index (χ1v) is 5.29. The largest absolute Gasteiger partial charge is 0.465 e. The number of rotatable bonds is 2. The number of nitrogens with zero attached hydrogens (tertiary/aromatic N) is 1. The van der Waals surface area contributed by atoms with Gasteiger partial charge in [-0.25, -0.2) is 4.79 Å². The quantitative estimate of drug-likeness (QED) is 0.707. The summed E-state index contributed by atoms with van der Waals surface area (Å²) < 4.78 is 0. The number of hydrogen-bond acceptors (Lipinski definition) is 2. The molecule has 0 aromatic heterocycles. The first-order chi connectivity index (χ1) is 6.56. The van der Waals surface area contributed by atoms with E-state index in [0.29, 0.717) is 24.9 Å². The number of amides is 1. The molecule has 1 saturated heterocycles. The topological polar surface area (TPSA) is 66.6 Å². The highest BCUT2D eigenvalue weighted by Gasteiger charge is 2.31. The van der Waals surface area contributed by atoms with E-state index in [4.69, 9.17) is 10.8 Å². The Hall–Kier alpha value is -0.770. The van der Waals surface area contributed by atoms with Gasteiger partial charge in [-0.2, -0.15) is 0 Å². The Morgan fingerprint density at radius 2 is 2.36 bits per heavy atom. The Kier molecular flexibility index (Phi) is 3.75.